The summed E-state index contributed by atoms with van der Waals surface area (Å²) >= 11 is 2.89. The van der Waals surface area contributed by atoms with Gasteiger partial charge in [0.1, 0.15) is 0 Å². The summed E-state index contributed by atoms with van der Waals surface area (Å²) in [5.41, 5.74) is 1.85. The molecule has 0 bridgehead atoms. The minimum atomic E-state index is -0.522. The molecule has 4 aromatic rings. The summed E-state index contributed by atoms with van der Waals surface area (Å²) < 4.78 is 5.29. The molecule has 0 radical (unpaired) electrons. The molecule has 6 heteroatoms. The zero-order chi connectivity index (χ0) is 17.9. The molecule has 0 unspecified atom stereocenters. The normalized spacial score (nSPS) is 10.8. The molecular weight excluding hydrogens is 366 g/mol. The number of carbonyl (C=O) groups is 2. The maximum absolute atomic E-state index is 12.7. The van der Waals surface area contributed by atoms with E-state index in [1.54, 1.807) is 29.5 Å². The van der Waals surface area contributed by atoms with Crippen LogP contribution in [0.4, 0.5) is 0 Å². The minimum absolute atomic E-state index is 0.204. The van der Waals surface area contributed by atoms with Gasteiger partial charge in [-0.15, -0.1) is 22.7 Å². The van der Waals surface area contributed by atoms with E-state index in [1.165, 1.54) is 11.3 Å². The fraction of sp³-hybridized carbons (Fsp3) is 0.0500. The molecule has 4 rings (SSSR count). The third kappa shape index (κ3) is 3.29. The lowest BCUT2D eigenvalue weighted by atomic mass is 10.1. The van der Waals surface area contributed by atoms with Gasteiger partial charge in [0.25, 0.3) is 0 Å². The summed E-state index contributed by atoms with van der Waals surface area (Å²) in [6.45, 7) is -0.273. The number of hydrogen-bond donors (Lipinski definition) is 0. The van der Waals surface area contributed by atoms with E-state index in [2.05, 4.69) is 4.98 Å². The van der Waals surface area contributed by atoms with E-state index in [1.807, 2.05) is 47.2 Å². The number of carbonyl (C=O) groups excluding carboxylic acids is 2. The highest BCUT2D eigenvalue weighted by molar-refractivity contribution is 7.13. The topological polar surface area (TPSA) is 56.3 Å². The number of aromatic nitrogens is 1. The maximum Gasteiger partial charge on any atom is 0.339 e. The Morgan fingerprint density at radius 2 is 1.77 bits per heavy atom. The number of Topliss-reactive ketones (excluding diaryl/α,β-unsaturated/α-hetero) is 1. The van der Waals surface area contributed by atoms with Crippen molar-refractivity contribution in [3.05, 3.63) is 75.8 Å². The molecule has 26 heavy (non-hydrogen) atoms. The van der Waals surface area contributed by atoms with Gasteiger partial charge in [0.05, 0.1) is 26.5 Å². The molecule has 128 valence electrons. The van der Waals surface area contributed by atoms with Crippen molar-refractivity contribution in [1.82, 2.24) is 4.98 Å². The molecule has 0 amide bonds. The number of thiophene rings is 2. The number of pyridine rings is 1. The van der Waals surface area contributed by atoms with Crippen molar-refractivity contribution in [2.24, 2.45) is 0 Å². The fourth-order valence-electron chi connectivity index (χ4n) is 2.61. The third-order valence-corrected chi connectivity index (χ3v) is 5.64. The summed E-state index contributed by atoms with van der Waals surface area (Å²) in [4.78, 5) is 30.9. The molecule has 0 fully saturated rings. The first-order valence-corrected chi connectivity index (χ1v) is 9.66. The molecule has 3 aromatic heterocycles. The van der Waals surface area contributed by atoms with Gasteiger partial charge in [-0.25, -0.2) is 9.78 Å². The molecule has 0 saturated carbocycles. The highest BCUT2D eigenvalue weighted by Crippen LogP contribution is 2.28. The summed E-state index contributed by atoms with van der Waals surface area (Å²) in [7, 11) is 0. The zero-order valence-electron chi connectivity index (χ0n) is 13.5. The lowest BCUT2D eigenvalue weighted by Crippen LogP contribution is -2.14. The van der Waals surface area contributed by atoms with E-state index in [0.29, 0.717) is 15.8 Å². The first kappa shape index (κ1) is 16.6. The highest BCUT2D eigenvalue weighted by atomic mass is 32.1. The molecule has 0 N–H and O–H groups in total. The van der Waals surface area contributed by atoms with Crippen LogP contribution in [-0.2, 0) is 4.74 Å². The molecule has 0 atom stereocenters. The van der Waals surface area contributed by atoms with Gasteiger partial charge in [-0.3, -0.25) is 4.79 Å². The molecule has 4 nitrogen and oxygen atoms in total. The van der Waals surface area contributed by atoms with Crippen LogP contribution in [-0.4, -0.2) is 23.3 Å². The molecule has 3 heterocycles. The number of nitrogens with zero attached hydrogens (tertiary/aromatic N) is 1. The van der Waals surface area contributed by atoms with E-state index in [4.69, 9.17) is 4.74 Å². The summed E-state index contributed by atoms with van der Waals surface area (Å²) in [5, 5.41) is 4.49. The Morgan fingerprint density at radius 3 is 2.54 bits per heavy atom. The average Bonchev–Trinajstić information content (AvgIpc) is 3.38. The number of hydrogen-bond acceptors (Lipinski definition) is 6. The van der Waals surface area contributed by atoms with E-state index < -0.39 is 5.97 Å². The second-order valence-electron chi connectivity index (χ2n) is 5.53. The number of para-hydroxylation sites is 1. The van der Waals surface area contributed by atoms with Crippen LogP contribution in [0.25, 0.3) is 21.5 Å². The van der Waals surface area contributed by atoms with Crippen molar-refractivity contribution in [3.8, 4) is 10.6 Å². The maximum atomic E-state index is 12.7. The van der Waals surface area contributed by atoms with Crippen LogP contribution in [0.15, 0.2) is 65.4 Å². The average molecular weight is 379 g/mol. The number of rotatable bonds is 5. The Kier molecular flexibility index (Phi) is 4.60. The van der Waals surface area contributed by atoms with Crippen LogP contribution in [0.1, 0.15) is 20.0 Å². The second-order valence-corrected chi connectivity index (χ2v) is 7.42. The third-order valence-electron chi connectivity index (χ3n) is 3.84. The quantitative estimate of drug-likeness (QED) is 0.359. The van der Waals surface area contributed by atoms with Crippen molar-refractivity contribution in [3.63, 3.8) is 0 Å². The molecule has 0 aliphatic rings. The molecule has 0 saturated heterocycles. The van der Waals surface area contributed by atoms with Crippen LogP contribution in [0.5, 0.6) is 0 Å². The molecule has 0 aliphatic heterocycles. The Hall–Kier alpha value is -2.83. The van der Waals surface area contributed by atoms with Gasteiger partial charge in [0.2, 0.25) is 5.78 Å². The predicted octanol–water partition coefficient (Wildman–Crippen LogP) is 5.06. The van der Waals surface area contributed by atoms with Crippen molar-refractivity contribution >= 4 is 45.3 Å². The molecule has 1 aromatic carbocycles. The fourth-order valence-corrected chi connectivity index (χ4v) is 3.95. The number of esters is 1. The van der Waals surface area contributed by atoms with Gasteiger partial charge < -0.3 is 4.74 Å². The minimum Gasteiger partial charge on any atom is -0.454 e. The van der Waals surface area contributed by atoms with Crippen molar-refractivity contribution in [2.45, 2.75) is 0 Å². The van der Waals surface area contributed by atoms with Gasteiger partial charge in [0, 0.05) is 5.39 Å². The van der Waals surface area contributed by atoms with Crippen LogP contribution < -0.4 is 0 Å². The van der Waals surface area contributed by atoms with E-state index >= 15 is 0 Å². The van der Waals surface area contributed by atoms with Gasteiger partial charge in [-0.1, -0.05) is 30.3 Å². The molecule has 0 spiro atoms. The summed E-state index contributed by atoms with van der Waals surface area (Å²) in [5.74, 6) is -0.725. The lowest BCUT2D eigenvalue weighted by Gasteiger charge is -2.09. The lowest BCUT2D eigenvalue weighted by molar-refractivity contribution is 0.0478. The Balaban J connectivity index is 1.66. The Labute approximate surface area is 157 Å². The van der Waals surface area contributed by atoms with Crippen LogP contribution in [0.2, 0.25) is 0 Å². The predicted molar refractivity (Wildman–Crippen MR) is 104 cm³/mol. The Morgan fingerprint density at radius 1 is 0.962 bits per heavy atom. The SMILES string of the molecule is O=C(COC(=O)c1cc(-c2cccs2)nc2ccccc12)c1cccs1. The summed E-state index contributed by atoms with van der Waals surface area (Å²) in [6.07, 6.45) is 0. The first-order valence-electron chi connectivity index (χ1n) is 7.90. The van der Waals surface area contributed by atoms with Crippen LogP contribution in [0, 0.1) is 0 Å². The molecular formula is C20H13NO3S2. The van der Waals surface area contributed by atoms with Gasteiger partial charge in [-0.2, -0.15) is 0 Å². The van der Waals surface area contributed by atoms with Crippen molar-refractivity contribution < 1.29 is 14.3 Å². The van der Waals surface area contributed by atoms with E-state index in [0.717, 1.165) is 16.1 Å². The van der Waals surface area contributed by atoms with E-state index in [9.17, 15) is 9.59 Å². The van der Waals surface area contributed by atoms with Gasteiger partial charge >= 0.3 is 5.97 Å². The van der Waals surface area contributed by atoms with Gasteiger partial charge in [0.15, 0.2) is 6.61 Å². The highest BCUT2D eigenvalue weighted by Gasteiger charge is 2.17. The Bertz CT molecular complexity index is 1070. The zero-order valence-corrected chi connectivity index (χ0v) is 15.2. The standard InChI is InChI=1S/C20H13NO3S2/c22-17(19-8-4-10-26-19)12-24-20(23)14-11-16(18-7-3-9-25-18)21-15-6-2-1-5-13(14)15/h1-11H,12H2. The number of benzene rings is 1. The number of fused-ring (bicyclic) bond motifs is 1. The second kappa shape index (κ2) is 7.19. The van der Waals surface area contributed by atoms with Gasteiger partial charge in [-0.05, 0) is 35.0 Å². The van der Waals surface area contributed by atoms with Crippen molar-refractivity contribution in [1.29, 1.82) is 0 Å². The van der Waals surface area contributed by atoms with Crippen LogP contribution >= 0.6 is 22.7 Å². The number of ketones is 1. The first-order chi connectivity index (χ1) is 12.7. The number of ether oxygens (including phenoxy) is 1. The van der Waals surface area contributed by atoms with E-state index in [-0.39, 0.29) is 12.4 Å². The summed E-state index contributed by atoms with van der Waals surface area (Å²) in [6, 6.07) is 16.6. The van der Waals surface area contributed by atoms with Crippen molar-refractivity contribution in [2.75, 3.05) is 6.61 Å². The smallest absolute Gasteiger partial charge is 0.339 e. The van der Waals surface area contributed by atoms with Crippen LogP contribution in [0.3, 0.4) is 0 Å². The molecule has 0 aliphatic carbocycles. The monoisotopic (exact) mass is 379 g/mol. The largest absolute Gasteiger partial charge is 0.454 e.